The lowest BCUT2D eigenvalue weighted by Gasteiger charge is -2.07. The molecule has 0 aliphatic carbocycles. The number of benzene rings is 1. The fraction of sp³-hybridized carbons (Fsp3) is 0.286. The highest BCUT2D eigenvalue weighted by atomic mass is 16.6. The van der Waals surface area contributed by atoms with E-state index in [0.29, 0.717) is 11.1 Å². The molecule has 6 heteroatoms. The van der Waals surface area contributed by atoms with Crippen molar-refractivity contribution in [3.63, 3.8) is 0 Å². The molecule has 0 unspecified atom stereocenters. The largest absolute Gasteiger partial charge is 0.349 e. The number of amides is 1. The molecule has 0 bridgehead atoms. The van der Waals surface area contributed by atoms with Gasteiger partial charge in [0.1, 0.15) is 11.6 Å². The van der Waals surface area contributed by atoms with Crippen LogP contribution in [0, 0.1) is 28.4 Å². The summed E-state index contributed by atoms with van der Waals surface area (Å²) in [7, 11) is 0. The first-order chi connectivity index (χ1) is 9.35. The molecule has 0 radical (unpaired) electrons. The summed E-state index contributed by atoms with van der Waals surface area (Å²) in [5.74, 6) is -0.495. The Balaban J connectivity index is 3.14. The van der Waals surface area contributed by atoms with Crippen LogP contribution in [0.15, 0.2) is 23.8 Å². The van der Waals surface area contributed by atoms with Gasteiger partial charge in [0, 0.05) is 17.7 Å². The van der Waals surface area contributed by atoms with E-state index in [1.165, 1.54) is 12.1 Å². The van der Waals surface area contributed by atoms with Gasteiger partial charge in [0.2, 0.25) is 0 Å². The number of aryl methyl sites for hydroxylation is 1. The molecule has 20 heavy (non-hydrogen) atoms. The molecule has 1 amide bonds. The molecule has 0 fully saturated rings. The molecule has 1 aromatic rings. The number of nitro benzene ring substituents is 1. The van der Waals surface area contributed by atoms with Crippen LogP contribution in [0.2, 0.25) is 0 Å². The van der Waals surface area contributed by atoms with Crippen molar-refractivity contribution in [2.75, 3.05) is 0 Å². The van der Waals surface area contributed by atoms with Crippen molar-refractivity contribution in [1.82, 2.24) is 5.32 Å². The second-order valence-corrected chi connectivity index (χ2v) is 4.60. The molecule has 104 valence electrons. The van der Waals surface area contributed by atoms with Crippen molar-refractivity contribution >= 4 is 17.7 Å². The van der Waals surface area contributed by atoms with Gasteiger partial charge in [-0.2, -0.15) is 5.26 Å². The third-order valence-electron chi connectivity index (χ3n) is 2.53. The van der Waals surface area contributed by atoms with Crippen LogP contribution >= 0.6 is 0 Å². The van der Waals surface area contributed by atoms with Gasteiger partial charge in [-0.15, -0.1) is 0 Å². The average Bonchev–Trinajstić information content (AvgIpc) is 2.36. The molecule has 0 aromatic heterocycles. The normalized spacial score (nSPS) is 11.1. The SMILES string of the molecule is Cc1ccc(/C=C(\C#N)C(=O)NC(C)C)cc1[N+](=O)[O-]. The summed E-state index contributed by atoms with van der Waals surface area (Å²) >= 11 is 0. The minimum Gasteiger partial charge on any atom is -0.349 e. The zero-order valence-electron chi connectivity index (χ0n) is 11.5. The van der Waals surface area contributed by atoms with E-state index in [-0.39, 0.29) is 17.3 Å². The summed E-state index contributed by atoms with van der Waals surface area (Å²) in [4.78, 5) is 22.1. The number of carbonyl (C=O) groups is 1. The van der Waals surface area contributed by atoms with Crippen LogP contribution in [-0.4, -0.2) is 16.9 Å². The van der Waals surface area contributed by atoms with Gasteiger partial charge in [0.25, 0.3) is 11.6 Å². The highest BCUT2D eigenvalue weighted by Crippen LogP contribution is 2.20. The Morgan fingerprint density at radius 1 is 1.50 bits per heavy atom. The number of nitriles is 1. The number of hydrogen-bond donors (Lipinski definition) is 1. The zero-order chi connectivity index (χ0) is 15.3. The first-order valence-electron chi connectivity index (χ1n) is 6.03. The van der Waals surface area contributed by atoms with Crippen LogP contribution < -0.4 is 5.32 Å². The lowest BCUT2D eigenvalue weighted by Crippen LogP contribution is -2.30. The quantitative estimate of drug-likeness (QED) is 0.394. The van der Waals surface area contributed by atoms with Crippen molar-refractivity contribution in [1.29, 1.82) is 5.26 Å². The second-order valence-electron chi connectivity index (χ2n) is 4.60. The van der Waals surface area contributed by atoms with Crippen LogP contribution in [-0.2, 0) is 4.79 Å². The number of nitrogens with zero attached hydrogens (tertiary/aromatic N) is 2. The van der Waals surface area contributed by atoms with Crippen molar-refractivity contribution in [2.45, 2.75) is 26.8 Å². The number of hydrogen-bond acceptors (Lipinski definition) is 4. The Kier molecular flexibility index (Phi) is 4.98. The van der Waals surface area contributed by atoms with Gasteiger partial charge in [-0.05, 0) is 32.4 Å². The van der Waals surface area contributed by atoms with E-state index in [4.69, 9.17) is 5.26 Å². The molecule has 1 aromatic carbocycles. The lowest BCUT2D eigenvalue weighted by molar-refractivity contribution is -0.385. The Hall–Kier alpha value is -2.68. The predicted molar refractivity (Wildman–Crippen MR) is 74.7 cm³/mol. The van der Waals surface area contributed by atoms with Crippen LogP contribution in [0.4, 0.5) is 5.69 Å². The molecule has 1 N–H and O–H groups in total. The fourth-order valence-corrected chi connectivity index (χ4v) is 1.57. The summed E-state index contributed by atoms with van der Waals surface area (Å²) in [6.45, 7) is 5.19. The van der Waals surface area contributed by atoms with Gasteiger partial charge in [-0.25, -0.2) is 0 Å². The lowest BCUT2D eigenvalue weighted by atomic mass is 10.1. The van der Waals surface area contributed by atoms with Crippen molar-refractivity contribution in [3.05, 3.63) is 45.0 Å². The Morgan fingerprint density at radius 3 is 2.65 bits per heavy atom. The fourth-order valence-electron chi connectivity index (χ4n) is 1.57. The smallest absolute Gasteiger partial charge is 0.272 e. The first kappa shape index (κ1) is 15.4. The molecule has 0 saturated heterocycles. The molecule has 0 atom stereocenters. The molecule has 1 rings (SSSR count). The van der Waals surface area contributed by atoms with Crippen LogP contribution in [0.1, 0.15) is 25.0 Å². The zero-order valence-corrected chi connectivity index (χ0v) is 11.5. The number of nitro groups is 1. The maximum absolute atomic E-state index is 11.7. The summed E-state index contributed by atoms with van der Waals surface area (Å²) in [6, 6.07) is 6.26. The van der Waals surface area contributed by atoms with Crippen LogP contribution in [0.3, 0.4) is 0 Å². The number of carbonyl (C=O) groups excluding carboxylic acids is 1. The number of nitrogens with one attached hydrogen (secondary N) is 1. The molecule has 0 saturated carbocycles. The predicted octanol–water partition coefficient (Wildman–Crippen LogP) is 2.33. The van der Waals surface area contributed by atoms with Crippen molar-refractivity contribution < 1.29 is 9.72 Å². The third-order valence-corrected chi connectivity index (χ3v) is 2.53. The average molecular weight is 273 g/mol. The highest BCUT2D eigenvalue weighted by Gasteiger charge is 2.13. The van der Waals surface area contributed by atoms with Crippen molar-refractivity contribution in [3.8, 4) is 6.07 Å². The van der Waals surface area contributed by atoms with Gasteiger partial charge in [-0.3, -0.25) is 14.9 Å². The summed E-state index contributed by atoms with van der Waals surface area (Å²) in [6.07, 6.45) is 1.34. The van der Waals surface area contributed by atoms with Gasteiger partial charge in [-0.1, -0.05) is 12.1 Å². The minimum absolute atomic E-state index is 0.0414. The minimum atomic E-state index is -0.495. The van der Waals surface area contributed by atoms with Gasteiger partial charge in [0.05, 0.1) is 4.92 Å². The Bertz CT molecular complexity index is 613. The van der Waals surface area contributed by atoms with E-state index in [2.05, 4.69) is 5.32 Å². The summed E-state index contributed by atoms with van der Waals surface area (Å²) < 4.78 is 0. The van der Waals surface area contributed by atoms with E-state index >= 15 is 0 Å². The Labute approximate surface area is 116 Å². The van der Waals surface area contributed by atoms with E-state index in [9.17, 15) is 14.9 Å². The number of rotatable bonds is 4. The summed E-state index contributed by atoms with van der Waals surface area (Å²) in [5, 5.41) is 22.4. The summed E-state index contributed by atoms with van der Waals surface area (Å²) in [5.41, 5.74) is 0.840. The third kappa shape index (κ3) is 3.92. The second kappa shape index (κ2) is 6.48. The van der Waals surface area contributed by atoms with E-state index in [0.717, 1.165) is 0 Å². The van der Waals surface area contributed by atoms with Crippen LogP contribution in [0.5, 0.6) is 0 Å². The van der Waals surface area contributed by atoms with Gasteiger partial charge in [0.15, 0.2) is 0 Å². The molecular weight excluding hydrogens is 258 g/mol. The van der Waals surface area contributed by atoms with Gasteiger partial charge >= 0.3 is 0 Å². The standard InChI is InChI=1S/C14H15N3O3/c1-9(2)16-14(18)12(8-15)6-11-5-4-10(3)13(7-11)17(19)20/h4-7,9H,1-3H3,(H,16,18)/b12-6+. The first-order valence-corrected chi connectivity index (χ1v) is 6.03. The monoisotopic (exact) mass is 273 g/mol. The van der Waals surface area contributed by atoms with Gasteiger partial charge < -0.3 is 5.32 Å². The molecule has 0 aliphatic heterocycles. The topological polar surface area (TPSA) is 96.0 Å². The highest BCUT2D eigenvalue weighted by molar-refractivity contribution is 6.01. The maximum atomic E-state index is 11.7. The van der Waals surface area contributed by atoms with Crippen molar-refractivity contribution in [2.24, 2.45) is 0 Å². The van der Waals surface area contributed by atoms with E-state index < -0.39 is 10.8 Å². The molecule has 0 spiro atoms. The molecule has 0 heterocycles. The maximum Gasteiger partial charge on any atom is 0.272 e. The van der Waals surface area contributed by atoms with E-state index in [1.807, 2.05) is 0 Å². The van der Waals surface area contributed by atoms with E-state index in [1.54, 1.807) is 39.0 Å². The molecular formula is C14H15N3O3. The Morgan fingerprint density at radius 2 is 2.15 bits per heavy atom. The molecule has 6 nitrogen and oxygen atoms in total. The molecule has 0 aliphatic rings. The van der Waals surface area contributed by atoms with Crippen LogP contribution in [0.25, 0.3) is 6.08 Å².